The Morgan fingerprint density at radius 1 is 1.41 bits per heavy atom. The Bertz CT molecular complexity index is 684. The maximum absolute atomic E-state index is 13.0. The van der Waals surface area contributed by atoms with Gasteiger partial charge in [0.15, 0.2) is 0 Å². The molecule has 1 atom stereocenters. The van der Waals surface area contributed by atoms with Crippen LogP contribution in [0, 0.1) is 6.92 Å². The Hall–Kier alpha value is -1.94. The van der Waals surface area contributed by atoms with E-state index < -0.39 is 0 Å². The first-order chi connectivity index (χ1) is 10.7. The summed E-state index contributed by atoms with van der Waals surface area (Å²) < 4.78 is 5.54. The summed E-state index contributed by atoms with van der Waals surface area (Å²) in [6, 6.07) is 9.94. The summed E-state index contributed by atoms with van der Waals surface area (Å²) >= 11 is 0. The first kappa shape index (κ1) is 15.0. The molecule has 1 saturated heterocycles. The molecule has 1 amide bonds. The van der Waals surface area contributed by atoms with Crippen molar-refractivity contribution in [3.63, 3.8) is 0 Å². The van der Waals surface area contributed by atoms with Gasteiger partial charge in [-0.3, -0.25) is 9.78 Å². The third-order valence-electron chi connectivity index (χ3n) is 4.23. The van der Waals surface area contributed by atoms with Gasteiger partial charge in [-0.15, -0.1) is 0 Å². The summed E-state index contributed by atoms with van der Waals surface area (Å²) in [6.07, 6.45) is 2.07. The number of aryl methyl sites for hydroxylation is 1. The molecular weight excluding hydrogens is 276 g/mol. The van der Waals surface area contributed by atoms with Crippen molar-refractivity contribution < 1.29 is 9.53 Å². The van der Waals surface area contributed by atoms with Crippen LogP contribution in [0.1, 0.15) is 35.8 Å². The van der Waals surface area contributed by atoms with Gasteiger partial charge in [0.1, 0.15) is 0 Å². The van der Waals surface area contributed by atoms with Gasteiger partial charge in [0.25, 0.3) is 5.91 Å². The smallest absolute Gasteiger partial charge is 0.254 e. The molecule has 0 N–H and O–H groups in total. The Morgan fingerprint density at radius 3 is 3.05 bits per heavy atom. The van der Waals surface area contributed by atoms with E-state index in [9.17, 15) is 4.79 Å². The Morgan fingerprint density at radius 2 is 2.23 bits per heavy atom. The number of hydrogen-bond acceptors (Lipinski definition) is 3. The molecule has 1 fully saturated rings. The summed E-state index contributed by atoms with van der Waals surface area (Å²) in [7, 11) is 0. The van der Waals surface area contributed by atoms with Crippen LogP contribution < -0.4 is 0 Å². The number of carbonyl (C=O) groups is 1. The SMILES string of the molecule is CCOC[C@@H]1CCCN1C(=O)c1cc(C)nc2ccccc12. The highest BCUT2D eigenvalue weighted by Gasteiger charge is 2.30. The summed E-state index contributed by atoms with van der Waals surface area (Å²) in [5.41, 5.74) is 2.51. The van der Waals surface area contributed by atoms with Crippen LogP contribution in [-0.2, 0) is 4.74 Å². The highest BCUT2D eigenvalue weighted by atomic mass is 16.5. The number of aromatic nitrogens is 1. The van der Waals surface area contributed by atoms with E-state index in [-0.39, 0.29) is 11.9 Å². The lowest BCUT2D eigenvalue weighted by molar-refractivity contribution is 0.0566. The molecule has 1 aliphatic heterocycles. The fourth-order valence-electron chi connectivity index (χ4n) is 3.17. The highest BCUT2D eigenvalue weighted by Crippen LogP contribution is 2.25. The van der Waals surface area contributed by atoms with Crippen molar-refractivity contribution in [2.75, 3.05) is 19.8 Å². The molecule has 3 rings (SSSR count). The lowest BCUT2D eigenvalue weighted by Crippen LogP contribution is -2.38. The lowest BCUT2D eigenvalue weighted by atomic mass is 10.1. The first-order valence-electron chi connectivity index (χ1n) is 7.96. The largest absolute Gasteiger partial charge is 0.380 e. The molecule has 0 aliphatic carbocycles. The highest BCUT2D eigenvalue weighted by molar-refractivity contribution is 6.06. The van der Waals surface area contributed by atoms with Gasteiger partial charge >= 0.3 is 0 Å². The summed E-state index contributed by atoms with van der Waals surface area (Å²) in [4.78, 5) is 19.5. The van der Waals surface area contributed by atoms with E-state index in [0.717, 1.165) is 41.5 Å². The van der Waals surface area contributed by atoms with Gasteiger partial charge in [-0.05, 0) is 38.8 Å². The number of fused-ring (bicyclic) bond motifs is 1. The molecule has 2 aromatic rings. The Kier molecular flexibility index (Phi) is 4.39. The average Bonchev–Trinajstić information content (AvgIpc) is 2.99. The number of nitrogens with zero attached hydrogens (tertiary/aromatic N) is 2. The lowest BCUT2D eigenvalue weighted by Gasteiger charge is -2.25. The second-order valence-corrected chi connectivity index (χ2v) is 5.78. The molecule has 0 unspecified atom stereocenters. The number of para-hydroxylation sites is 1. The molecule has 1 aliphatic rings. The molecule has 2 heterocycles. The van der Waals surface area contributed by atoms with Crippen LogP contribution >= 0.6 is 0 Å². The van der Waals surface area contributed by atoms with Gasteiger partial charge in [-0.1, -0.05) is 18.2 Å². The standard InChI is InChI=1S/C18H22N2O2/c1-3-22-12-14-7-6-10-20(14)18(21)16-11-13(2)19-17-9-5-4-8-15(16)17/h4-5,8-9,11,14H,3,6-7,10,12H2,1-2H3/t14-/m0/s1. The maximum atomic E-state index is 13.0. The molecule has 116 valence electrons. The van der Waals surface area contributed by atoms with Gasteiger partial charge in [-0.25, -0.2) is 0 Å². The summed E-state index contributed by atoms with van der Waals surface area (Å²) in [6.45, 7) is 6.05. The maximum Gasteiger partial charge on any atom is 0.254 e. The topological polar surface area (TPSA) is 42.4 Å². The second kappa shape index (κ2) is 6.44. The predicted molar refractivity (Wildman–Crippen MR) is 87.0 cm³/mol. The van der Waals surface area contributed by atoms with E-state index >= 15 is 0 Å². The number of likely N-dealkylation sites (tertiary alicyclic amines) is 1. The average molecular weight is 298 g/mol. The van der Waals surface area contributed by atoms with Crippen LogP contribution in [0.4, 0.5) is 0 Å². The van der Waals surface area contributed by atoms with Crippen molar-refractivity contribution >= 4 is 16.8 Å². The molecule has 0 spiro atoms. The minimum absolute atomic E-state index is 0.101. The van der Waals surface area contributed by atoms with Crippen molar-refractivity contribution in [3.8, 4) is 0 Å². The van der Waals surface area contributed by atoms with Crippen LogP contribution in [-0.4, -0.2) is 41.6 Å². The van der Waals surface area contributed by atoms with Crippen molar-refractivity contribution in [1.82, 2.24) is 9.88 Å². The van der Waals surface area contributed by atoms with Crippen molar-refractivity contribution in [3.05, 3.63) is 41.6 Å². The third kappa shape index (κ3) is 2.83. The van der Waals surface area contributed by atoms with Crippen LogP contribution in [0.15, 0.2) is 30.3 Å². The van der Waals surface area contributed by atoms with Crippen molar-refractivity contribution in [1.29, 1.82) is 0 Å². The number of rotatable bonds is 4. The van der Waals surface area contributed by atoms with E-state index in [1.54, 1.807) is 0 Å². The Balaban J connectivity index is 1.95. The van der Waals surface area contributed by atoms with E-state index in [2.05, 4.69) is 4.98 Å². The molecule has 1 aromatic carbocycles. The number of amides is 1. The fourth-order valence-corrected chi connectivity index (χ4v) is 3.17. The summed E-state index contributed by atoms with van der Waals surface area (Å²) in [5.74, 6) is 0.101. The number of carbonyl (C=O) groups excluding carboxylic acids is 1. The van der Waals surface area contributed by atoms with Crippen LogP contribution in [0.2, 0.25) is 0 Å². The third-order valence-corrected chi connectivity index (χ3v) is 4.23. The zero-order valence-electron chi connectivity index (χ0n) is 13.2. The minimum Gasteiger partial charge on any atom is -0.380 e. The number of ether oxygens (including phenoxy) is 1. The fraction of sp³-hybridized carbons (Fsp3) is 0.444. The van der Waals surface area contributed by atoms with Gasteiger partial charge in [0, 0.05) is 24.2 Å². The zero-order valence-corrected chi connectivity index (χ0v) is 13.2. The normalized spacial score (nSPS) is 18.1. The second-order valence-electron chi connectivity index (χ2n) is 5.78. The van der Waals surface area contributed by atoms with E-state index in [4.69, 9.17) is 4.74 Å². The number of pyridine rings is 1. The van der Waals surface area contributed by atoms with Gasteiger partial charge in [0.05, 0.1) is 23.7 Å². The molecule has 0 saturated carbocycles. The number of hydrogen-bond donors (Lipinski definition) is 0. The Labute approximate surface area is 131 Å². The molecule has 0 radical (unpaired) electrons. The van der Waals surface area contributed by atoms with E-state index in [1.807, 2.05) is 49.1 Å². The predicted octanol–water partition coefficient (Wildman–Crippen LogP) is 3.18. The molecule has 1 aromatic heterocycles. The van der Waals surface area contributed by atoms with E-state index in [0.29, 0.717) is 13.2 Å². The van der Waals surface area contributed by atoms with Gasteiger partial charge in [-0.2, -0.15) is 0 Å². The molecule has 4 nitrogen and oxygen atoms in total. The number of benzene rings is 1. The molecule has 4 heteroatoms. The van der Waals surface area contributed by atoms with Crippen LogP contribution in [0.3, 0.4) is 0 Å². The van der Waals surface area contributed by atoms with Crippen molar-refractivity contribution in [2.45, 2.75) is 32.7 Å². The van der Waals surface area contributed by atoms with Gasteiger partial charge in [0.2, 0.25) is 0 Å². The minimum atomic E-state index is 0.101. The monoisotopic (exact) mass is 298 g/mol. The zero-order chi connectivity index (χ0) is 15.5. The molecular formula is C18H22N2O2. The molecule has 22 heavy (non-hydrogen) atoms. The van der Waals surface area contributed by atoms with Crippen molar-refractivity contribution in [2.24, 2.45) is 0 Å². The van der Waals surface area contributed by atoms with Crippen LogP contribution in [0.5, 0.6) is 0 Å². The molecule has 0 bridgehead atoms. The van der Waals surface area contributed by atoms with Crippen LogP contribution in [0.25, 0.3) is 10.9 Å². The quantitative estimate of drug-likeness (QED) is 0.870. The van der Waals surface area contributed by atoms with Gasteiger partial charge < -0.3 is 9.64 Å². The van der Waals surface area contributed by atoms with E-state index in [1.165, 1.54) is 0 Å². The first-order valence-corrected chi connectivity index (χ1v) is 7.96. The summed E-state index contributed by atoms with van der Waals surface area (Å²) in [5, 5.41) is 0.931.